The molecule has 0 aliphatic heterocycles. The van der Waals surface area contributed by atoms with E-state index in [0.29, 0.717) is 0 Å². The normalized spacial score (nSPS) is 16.5. The van der Waals surface area contributed by atoms with Gasteiger partial charge < -0.3 is 5.53 Å². The number of carbonyl (C=O) groups excluding carboxylic acids is 1. The van der Waals surface area contributed by atoms with E-state index in [2.05, 4.69) is 8.97 Å². The Balaban J connectivity index is 3.25. The third-order valence-corrected chi connectivity index (χ3v) is 2.82. The quantitative estimate of drug-likeness (QED) is 0.272. The molecule has 0 aromatic heterocycles. The molecule has 0 spiro atoms. The lowest BCUT2D eigenvalue weighted by Gasteiger charge is -2.02. The fourth-order valence-electron chi connectivity index (χ4n) is 0.827. The van der Waals surface area contributed by atoms with Crippen molar-refractivity contribution in [2.75, 3.05) is 7.11 Å². The molecule has 0 atom stereocenters. The molecule has 0 aromatic carbocycles. The van der Waals surface area contributed by atoms with Gasteiger partial charge in [-0.15, -0.1) is 0 Å². The molecule has 0 unspecified atom stereocenters. The summed E-state index contributed by atoms with van der Waals surface area (Å²) in [6.07, 6.45) is 3.00. The summed E-state index contributed by atoms with van der Waals surface area (Å²) in [5.74, 6) is -0.567. The summed E-state index contributed by atoms with van der Waals surface area (Å²) < 4.78 is 26.5. The second-order valence-electron chi connectivity index (χ2n) is 2.35. The molecule has 0 bridgehead atoms. The number of hydrogen-bond donors (Lipinski definition) is 0. The van der Waals surface area contributed by atoms with E-state index in [1.165, 1.54) is 0 Å². The molecule has 0 heterocycles. The lowest BCUT2D eigenvalue weighted by Crippen LogP contribution is -2.17. The molecule has 1 aliphatic carbocycles. The first-order chi connectivity index (χ1) is 6.51. The van der Waals surface area contributed by atoms with Crippen molar-refractivity contribution in [3.63, 3.8) is 0 Å². The second-order valence-corrected chi connectivity index (χ2v) is 4.06. The zero-order valence-electron chi connectivity index (χ0n) is 7.17. The van der Waals surface area contributed by atoms with Gasteiger partial charge >= 0.3 is 5.71 Å². The van der Waals surface area contributed by atoms with Crippen LogP contribution in [0.15, 0.2) is 23.1 Å². The second kappa shape index (κ2) is 3.67. The van der Waals surface area contributed by atoms with Crippen molar-refractivity contribution in [1.29, 1.82) is 0 Å². The number of rotatable bonds is 2. The Bertz CT molecular complexity index is 480. The average Bonchev–Trinajstić information content (AvgIpc) is 2.18. The summed E-state index contributed by atoms with van der Waals surface area (Å²) in [5.41, 5.74) is 8.03. The van der Waals surface area contributed by atoms with Crippen molar-refractivity contribution in [3.8, 4) is 0 Å². The van der Waals surface area contributed by atoms with Crippen LogP contribution < -0.4 is 0 Å². The van der Waals surface area contributed by atoms with Crippen molar-refractivity contribution < 1.29 is 22.2 Å². The minimum Gasteiger partial charge on any atom is -0.361 e. The summed E-state index contributed by atoms with van der Waals surface area (Å²) in [5, 5.41) is 0. The van der Waals surface area contributed by atoms with Crippen LogP contribution in [0.3, 0.4) is 0 Å². The first-order valence-corrected chi connectivity index (χ1v) is 4.89. The van der Waals surface area contributed by atoms with Crippen LogP contribution in [0.4, 0.5) is 0 Å². The Kier molecular flexibility index (Phi) is 2.76. The molecule has 14 heavy (non-hydrogen) atoms. The van der Waals surface area contributed by atoms with Crippen LogP contribution >= 0.6 is 0 Å². The molecule has 74 valence electrons. The van der Waals surface area contributed by atoms with Gasteiger partial charge in [-0.3, -0.25) is 8.98 Å². The zero-order valence-corrected chi connectivity index (χ0v) is 7.98. The number of carbonyl (C=O) groups is 1. The molecule has 0 saturated carbocycles. The van der Waals surface area contributed by atoms with E-state index >= 15 is 0 Å². The molecule has 1 aliphatic rings. The zero-order chi connectivity index (χ0) is 10.8. The van der Waals surface area contributed by atoms with Gasteiger partial charge in [0.2, 0.25) is 0 Å². The first-order valence-electron chi connectivity index (χ1n) is 3.48. The van der Waals surface area contributed by atoms with Gasteiger partial charge in [0.25, 0.3) is 15.9 Å². The Morgan fingerprint density at radius 1 is 1.43 bits per heavy atom. The molecule has 0 amide bonds. The summed E-state index contributed by atoms with van der Waals surface area (Å²) in [6, 6.07) is 0. The van der Waals surface area contributed by atoms with Gasteiger partial charge in [0.15, 0.2) is 0 Å². The van der Waals surface area contributed by atoms with E-state index in [1.54, 1.807) is 0 Å². The molecular weight excluding hydrogens is 208 g/mol. The van der Waals surface area contributed by atoms with E-state index in [0.717, 1.165) is 25.3 Å². The third kappa shape index (κ3) is 1.85. The number of allylic oxidation sites excluding steroid dienone is 3. The SMILES string of the molecule is COS(=O)(=O)C1=CC(=[N+]=[N-])C(=O)C=C1. The van der Waals surface area contributed by atoms with E-state index < -0.39 is 15.9 Å². The monoisotopic (exact) mass is 214 g/mol. The van der Waals surface area contributed by atoms with Crippen LogP contribution in [0.25, 0.3) is 5.53 Å². The Labute approximate surface area is 80.2 Å². The molecule has 0 N–H and O–H groups in total. The Morgan fingerprint density at radius 3 is 2.57 bits per heavy atom. The predicted octanol–water partition coefficient (Wildman–Crippen LogP) is -0.344. The van der Waals surface area contributed by atoms with Crippen molar-refractivity contribution in [1.82, 2.24) is 0 Å². The lowest BCUT2D eigenvalue weighted by atomic mass is 10.1. The van der Waals surface area contributed by atoms with Gasteiger partial charge in [-0.25, -0.2) is 0 Å². The third-order valence-electron chi connectivity index (χ3n) is 1.55. The maximum absolute atomic E-state index is 11.1. The largest absolute Gasteiger partial charge is 0.363 e. The van der Waals surface area contributed by atoms with Crippen LogP contribution in [-0.2, 0) is 19.1 Å². The lowest BCUT2D eigenvalue weighted by molar-refractivity contribution is -0.112. The van der Waals surface area contributed by atoms with Gasteiger partial charge in [0.05, 0.1) is 13.2 Å². The Hall–Kier alpha value is -1.56. The van der Waals surface area contributed by atoms with Crippen LogP contribution in [0.2, 0.25) is 0 Å². The van der Waals surface area contributed by atoms with Crippen molar-refractivity contribution in [2.45, 2.75) is 0 Å². The molecule has 6 nitrogen and oxygen atoms in total. The highest BCUT2D eigenvalue weighted by Gasteiger charge is 2.25. The van der Waals surface area contributed by atoms with Gasteiger partial charge in [0.1, 0.15) is 4.91 Å². The molecule has 0 aromatic rings. The van der Waals surface area contributed by atoms with Crippen LogP contribution in [0, 0.1) is 0 Å². The molecule has 7 heteroatoms. The summed E-state index contributed by atoms with van der Waals surface area (Å²) in [7, 11) is -2.86. The fraction of sp³-hybridized carbons (Fsp3) is 0.143. The van der Waals surface area contributed by atoms with E-state index in [-0.39, 0.29) is 10.6 Å². The van der Waals surface area contributed by atoms with Gasteiger partial charge in [0, 0.05) is 0 Å². The highest BCUT2D eigenvalue weighted by Crippen LogP contribution is 2.13. The fourth-order valence-corrected chi connectivity index (χ4v) is 1.51. The Morgan fingerprint density at radius 2 is 2.07 bits per heavy atom. The standard InChI is InChI=1S/C7H6N2O4S/c1-13-14(11,12)5-2-3-7(10)6(4-5)9-8/h2-4H,1H3. The molecule has 0 saturated heterocycles. The van der Waals surface area contributed by atoms with Crippen LogP contribution in [0.1, 0.15) is 0 Å². The van der Waals surface area contributed by atoms with Crippen molar-refractivity contribution in [3.05, 3.63) is 28.7 Å². The van der Waals surface area contributed by atoms with E-state index in [1.807, 2.05) is 0 Å². The summed E-state index contributed by atoms with van der Waals surface area (Å²) in [6.45, 7) is 0. The smallest absolute Gasteiger partial charge is 0.361 e. The maximum Gasteiger partial charge on any atom is 0.363 e. The maximum atomic E-state index is 11.1. The minimum atomic E-state index is -3.86. The summed E-state index contributed by atoms with van der Waals surface area (Å²) in [4.78, 5) is 13.3. The van der Waals surface area contributed by atoms with Gasteiger partial charge in [-0.1, -0.05) is 0 Å². The van der Waals surface area contributed by atoms with Gasteiger partial charge in [-0.05, 0) is 12.2 Å². The topological polar surface area (TPSA) is 96.8 Å². The highest BCUT2D eigenvalue weighted by molar-refractivity contribution is 7.91. The van der Waals surface area contributed by atoms with Crippen molar-refractivity contribution >= 4 is 21.6 Å². The average molecular weight is 214 g/mol. The van der Waals surface area contributed by atoms with E-state index in [4.69, 9.17) is 5.53 Å². The van der Waals surface area contributed by atoms with Crippen LogP contribution in [0.5, 0.6) is 0 Å². The molecule has 0 radical (unpaired) electrons. The van der Waals surface area contributed by atoms with Crippen LogP contribution in [-0.4, -0.2) is 31.8 Å². The van der Waals surface area contributed by atoms with Crippen molar-refractivity contribution in [2.24, 2.45) is 0 Å². The van der Waals surface area contributed by atoms with E-state index in [9.17, 15) is 13.2 Å². The minimum absolute atomic E-state index is 0.229. The molecular formula is C7H6N2O4S. The first kappa shape index (κ1) is 10.5. The molecule has 0 fully saturated rings. The highest BCUT2D eigenvalue weighted by atomic mass is 32.2. The number of hydrogen-bond acceptors (Lipinski definition) is 4. The number of nitrogens with zero attached hydrogens (tertiary/aromatic N) is 2. The molecule has 1 rings (SSSR count). The number of ketones is 1. The summed E-state index contributed by atoms with van der Waals surface area (Å²) >= 11 is 0. The predicted molar refractivity (Wildman–Crippen MR) is 46.8 cm³/mol. The van der Waals surface area contributed by atoms with Gasteiger partial charge in [-0.2, -0.15) is 13.2 Å².